The highest BCUT2D eigenvalue weighted by molar-refractivity contribution is 7.89. The molecule has 1 unspecified atom stereocenters. The van der Waals surface area contributed by atoms with Crippen LogP contribution >= 0.6 is 11.6 Å². The molecule has 5 nitrogen and oxygen atoms in total. The molecule has 1 aliphatic heterocycles. The van der Waals surface area contributed by atoms with Crippen molar-refractivity contribution in [2.24, 2.45) is 5.92 Å². The molecule has 7 heteroatoms. The quantitative estimate of drug-likeness (QED) is 0.833. The number of hydrogen-bond donors (Lipinski definition) is 0. The van der Waals surface area contributed by atoms with E-state index in [0.29, 0.717) is 25.5 Å². The Kier molecular flexibility index (Phi) is 4.90. The molecule has 0 aromatic heterocycles. The molecule has 112 valence electrons. The van der Waals surface area contributed by atoms with E-state index in [4.69, 9.17) is 21.1 Å². The number of benzene rings is 1. The van der Waals surface area contributed by atoms with Crippen LogP contribution in [0.5, 0.6) is 5.75 Å². The largest absolute Gasteiger partial charge is 0.497 e. The van der Waals surface area contributed by atoms with Gasteiger partial charge in [-0.15, -0.1) is 0 Å². The standard InChI is InChI=1S/C13H18ClNO4S/c1-15(8-10-5-6-19-9-10)20(16,17)13-7-11(18-2)3-4-12(13)14/h3-4,7,10H,5-6,8-9H2,1-2H3. The van der Waals surface area contributed by atoms with Crippen LogP contribution in [0.4, 0.5) is 0 Å². The Hall–Kier alpha value is -0.820. The Morgan fingerprint density at radius 2 is 2.25 bits per heavy atom. The number of rotatable bonds is 5. The van der Waals surface area contributed by atoms with Gasteiger partial charge in [0.1, 0.15) is 10.6 Å². The predicted molar refractivity (Wildman–Crippen MR) is 76.7 cm³/mol. The van der Waals surface area contributed by atoms with Gasteiger partial charge in [-0.1, -0.05) is 11.6 Å². The summed E-state index contributed by atoms with van der Waals surface area (Å²) in [6.45, 7) is 1.72. The first-order valence-electron chi connectivity index (χ1n) is 6.32. The third kappa shape index (κ3) is 3.25. The Balaban J connectivity index is 2.24. The van der Waals surface area contributed by atoms with Crippen molar-refractivity contribution in [3.8, 4) is 5.75 Å². The van der Waals surface area contributed by atoms with E-state index < -0.39 is 10.0 Å². The van der Waals surface area contributed by atoms with Crippen molar-refractivity contribution in [3.05, 3.63) is 23.2 Å². The molecule has 0 bridgehead atoms. The van der Waals surface area contributed by atoms with Crippen molar-refractivity contribution in [3.63, 3.8) is 0 Å². The van der Waals surface area contributed by atoms with Crippen LogP contribution in [0.3, 0.4) is 0 Å². The molecule has 0 N–H and O–H groups in total. The van der Waals surface area contributed by atoms with Crippen molar-refractivity contribution in [2.45, 2.75) is 11.3 Å². The molecule has 1 fully saturated rings. The van der Waals surface area contributed by atoms with Gasteiger partial charge in [0.25, 0.3) is 0 Å². The molecule has 1 saturated heterocycles. The zero-order chi connectivity index (χ0) is 14.8. The Labute approximate surface area is 124 Å². The summed E-state index contributed by atoms with van der Waals surface area (Å²) in [6.07, 6.45) is 0.881. The molecule has 0 saturated carbocycles. The number of methoxy groups -OCH3 is 1. The van der Waals surface area contributed by atoms with Gasteiger partial charge in [0.2, 0.25) is 10.0 Å². The van der Waals surface area contributed by atoms with E-state index in [-0.39, 0.29) is 15.8 Å². The molecule has 0 radical (unpaired) electrons. The number of ether oxygens (including phenoxy) is 2. The summed E-state index contributed by atoms with van der Waals surface area (Å²) in [4.78, 5) is 0.0694. The van der Waals surface area contributed by atoms with Crippen molar-refractivity contribution in [1.29, 1.82) is 0 Å². The molecular formula is C13H18ClNO4S. The molecule has 2 rings (SSSR count). The topological polar surface area (TPSA) is 55.8 Å². The van der Waals surface area contributed by atoms with Crippen LogP contribution in [0.2, 0.25) is 5.02 Å². The number of hydrogen-bond acceptors (Lipinski definition) is 4. The molecule has 20 heavy (non-hydrogen) atoms. The Morgan fingerprint density at radius 3 is 2.85 bits per heavy atom. The van der Waals surface area contributed by atoms with Crippen LogP contribution in [0.25, 0.3) is 0 Å². The highest BCUT2D eigenvalue weighted by Crippen LogP contribution is 2.29. The Bertz CT molecular complexity index is 570. The van der Waals surface area contributed by atoms with Crippen molar-refractivity contribution in [1.82, 2.24) is 4.31 Å². The van der Waals surface area contributed by atoms with Gasteiger partial charge in [-0.3, -0.25) is 0 Å². The third-order valence-corrected chi connectivity index (χ3v) is 5.67. The van der Waals surface area contributed by atoms with Gasteiger partial charge >= 0.3 is 0 Å². The molecule has 1 heterocycles. The van der Waals surface area contributed by atoms with Gasteiger partial charge in [-0.05, 0) is 24.5 Å². The SMILES string of the molecule is COc1ccc(Cl)c(S(=O)(=O)N(C)CC2CCOC2)c1. The lowest BCUT2D eigenvalue weighted by molar-refractivity contribution is 0.182. The summed E-state index contributed by atoms with van der Waals surface area (Å²) in [6, 6.07) is 4.60. The lowest BCUT2D eigenvalue weighted by Gasteiger charge is -2.21. The molecule has 1 aromatic rings. The summed E-state index contributed by atoms with van der Waals surface area (Å²) in [5, 5.41) is 0.195. The summed E-state index contributed by atoms with van der Waals surface area (Å²) in [5.74, 6) is 0.699. The van der Waals surface area contributed by atoms with Crippen LogP contribution in [-0.2, 0) is 14.8 Å². The fourth-order valence-electron chi connectivity index (χ4n) is 2.17. The van der Waals surface area contributed by atoms with E-state index in [0.717, 1.165) is 6.42 Å². The van der Waals surface area contributed by atoms with E-state index in [2.05, 4.69) is 0 Å². The van der Waals surface area contributed by atoms with Gasteiger partial charge in [0.05, 0.1) is 18.7 Å². The van der Waals surface area contributed by atoms with E-state index >= 15 is 0 Å². The maximum absolute atomic E-state index is 12.6. The first-order valence-corrected chi connectivity index (χ1v) is 8.14. The summed E-state index contributed by atoms with van der Waals surface area (Å²) in [7, 11) is -0.580. The normalized spacial score (nSPS) is 19.5. The molecule has 1 aliphatic rings. The molecule has 0 aliphatic carbocycles. The average molecular weight is 320 g/mol. The maximum Gasteiger partial charge on any atom is 0.244 e. The third-order valence-electron chi connectivity index (χ3n) is 3.37. The van der Waals surface area contributed by atoms with Crippen LogP contribution in [0.15, 0.2) is 23.1 Å². The second-order valence-corrected chi connectivity index (χ2v) is 7.23. The van der Waals surface area contributed by atoms with Gasteiger partial charge in [0.15, 0.2) is 0 Å². The lowest BCUT2D eigenvalue weighted by Crippen LogP contribution is -2.32. The van der Waals surface area contributed by atoms with Gasteiger partial charge < -0.3 is 9.47 Å². The van der Waals surface area contributed by atoms with Crippen molar-refractivity contribution < 1.29 is 17.9 Å². The van der Waals surface area contributed by atoms with Crippen LogP contribution in [0, 0.1) is 5.92 Å². The first-order chi connectivity index (χ1) is 9.45. The van der Waals surface area contributed by atoms with E-state index in [1.165, 1.54) is 23.5 Å². The number of sulfonamides is 1. The Morgan fingerprint density at radius 1 is 1.50 bits per heavy atom. The van der Waals surface area contributed by atoms with E-state index in [1.807, 2.05) is 0 Å². The first kappa shape index (κ1) is 15.6. The summed E-state index contributed by atoms with van der Waals surface area (Å²) >= 11 is 6.01. The summed E-state index contributed by atoms with van der Waals surface area (Å²) in [5.41, 5.74) is 0. The minimum Gasteiger partial charge on any atom is -0.497 e. The molecule has 1 atom stereocenters. The minimum atomic E-state index is -3.62. The fourth-order valence-corrected chi connectivity index (χ4v) is 3.90. The van der Waals surface area contributed by atoms with E-state index in [9.17, 15) is 8.42 Å². The van der Waals surface area contributed by atoms with Gasteiger partial charge in [-0.2, -0.15) is 0 Å². The van der Waals surface area contributed by atoms with Gasteiger partial charge in [-0.25, -0.2) is 12.7 Å². The predicted octanol–water partition coefficient (Wildman–Crippen LogP) is 2.01. The second-order valence-electron chi connectivity index (χ2n) is 4.81. The molecule has 1 aromatic carbocycles. The zero-order valence-corrected chi connectivity index (χ0v) is 13.1. The van der Waals surface area contributed by atoms with Crippen molar-refractivity contribution in [2.75, 3.05) is 33.9 Å². The summed E-state index contributed by atoms with van der Waals surface area (Å²) < 4.78 is 36.8. The minimum absolute atomic E-state index is 0.0694. The number of halogens is 1. The van der Waals surface area contributed by atoms with E-state index in [1.54, 1.807) is 13.1 Å². The van der Waals surface area contributed by atoms with Crippen LogP contribution < -0.4 is 4.74 Å². The molecular weight excluding hydrogens is 302 g/mol. The van der Waals surface area contributed by atoms with Crippen molar-refractivity contribution >= 4 is 21.6 Å². The fraction of sp³-hybridized carbons (Fsp3) is 0.538. The highest BCUT2D eigenvalue weighted by Gasteiger charge is 2.28. The average Bonchev–Trinajstić information content (AvgIpc) is 2.92. The molecule has 0 amide bonds. The molecule has 0 spiro atoms. The smallest absolute Gasteiger partial charge is 0.244 e. The monoisotopic (exact) mass is 319 g/mol. The highest BCUT2D eigenvalue weighted by atomic mass is 35.5. The number of nitrogens with zero attached hydrogens (tertiary/aromatic N) is 1. The van der Waals surface area contributed by atoms with Crippen LogP contribution in [-0.4, -0.2) is 46.6 Å². The lowest BCUT2D eigenvalue weighted by atomic mass is 10.1. The second kappa shape index (κ2) is 6.30. The van der Waals surface area contributed by atoms with Gasteiger partial charge in [0, 0.05) is 26.3 Å². The maximum atomic E-state index is 12.6. The van der Waals surface area contributed by atoms with Crippen LogP contribution in [0.1, 0.15) is 6.42 Å². The zero-order valence-electron chi connectivity index (χ0n) is 11.5.